The lowest BCUT2D eigenvalue weighted by atomic mass is 10.2. The SMILES string of the molecule is COCn1cc(CNCC(O)COC(=O)C(C)C)nn1. The van der Waals surface area contributed by atoms with Gasteiger partial charge in [-0.1, -0.05) is 19.1 Å². The zero-order valence-corrected chi connectivity index (χ0v) is 12.1. The molecule has 0 fully saturated rings. The minimum Gasteiger partial charge on any atom is -0.463 e. The van der Waals surface area contributed by atoms with Crippen molar-refractivity contribution in [1.29, 1.82) is 0 Å². The standard InChI is InChI=1S/C12H22N4O4/c1-9(2)12(18)20-7-11(17)5-13-4-10-6-16(8-19-3)15-14-10/h6,9,11,13,17H,4-5,7-8H2,1-3H3. The highest BCUT2D eigenvalue weighted by Gasteiger charge is 2.11. The van der Waals surface area contributed by atoms with Crippen LogP contribution in [0.1, 0.15) is 19.5 Å². The Morgan fingerprint density at radius 3 is 2.95 bits per heavy atom. The van der Waals surface area contributed by atoms with Gasteiger partial charge in [0, 0.05) is 20.2 Å². The second-order valence-electron chi connectivity index (χ2n) is 4.74. The Hall–Kier alpha value is -1.51. The van der Waals surface area contributed by atoms with E-state index in [1.807, 2.05) is 0 Å². The normalized spacial score (nSPS) is 12.7. The molecule has 0 saturated carbocycles. The van der Waals surface area contributed by atoms with Crippen molar-refractivity contribution in [3.63, 3.8) is 0 Å². The van der Waals surface area contributed by atoms with E-state index in [2.05, 4.69) is 15.6 Å². The Balaban J connectivity index is 2.17. The van der Waals surface area contributed by atoms with Crippen molar-refractivity contribution in [2.24, 2.45) is 5.92 Å². The summed E-state index contributed by atoms with van der Waals surface area (Å²) in [6.45, 7) is 4.61. The Bertz CT molecular complexity index is 408. The van der Waals surface area contributed by atoms with Crippen LogP contribution in [-0.4, -0.2) is 52.4 Å². The molecule has 1 atom stereocenters. The first-order valence-electron chi connectivity index (χ1n) is 6.46. The molecule has 114 valence electrons. The molecule has 1 rings (SSSR count). The number of aliphatic hydroxyl groups excluding tert-OH is 1. The van der Waals surface area contributed by atoms with Gasteiger partial charge in [-0.15, -0.1) is 5.10 Å². The van der Waals surface area contributed by atoms with Crippen LogP contribution in [0.4, 0.5) is 0 Å². The number of rotatable bonds is 9. The summed E-state index contributed by atoms with van der Waals surface area (Å²) in [6.07, 6.45) is 1.01. The predicted molar refractivity (Wildman–Crippen MR) is 70.5 cm³/mol. The van der Waals surface area contributed by atoms with E-state index >= 15 is 0 Å². The van der Waals surface area contributed by atoms with Gasteiger partial charge >= 0.3 is 5.97 Å². The van der Waals surface area contributed by atoms with Crippen molar-refractivity contribution in [3.05, 3.63) is 11.9 Å². The molecule has 1 heterocycles. The number of nitrogens with zero attached hydrogens (tertiary/aromatic N) is 3. The Morgan fingerprint density at radius 1 is 1.55 bits per heavy atom. The monoisotopic (exact) mass is 286 g/mol. The van der Waals surface area contributed by atoms with Crippen LogP contribution in [0.3, 0.4) is 0 Å². The van der Waals surface area contributed by atoms with Gasteiger partial charge in [0.25, 0.3) is 0 Å². The highest BCUT2D eigenvalue weighted by molar-refractivity contribution is 5.71. The zero-order valence-electron chi connectivity index (χ0n) is 12.1. The maximum Gasteiger partial charge on any atom is 0.308 e. The van der Waals surface area contributed by atoms with Gasteiger partial charge in [-0.05, 0) is 0 Å². The lowest BCUT2D eigenvalue weighted by Gasteiger charge is -2.12. The minimum absolute atomic E-state index is 0.0135. The average molecular weight is 286 g/mol. The molecule has 0 spiro atoms. The van der Waals surface area contributed by atoms with E-state index in [4.69, 9.17) is 9.47 Å². The maximum absolute atomic E-state index is 11.2. The third-order valence-corrected chi connectivity index (χ3v) is 2.42. The summed E-state index contributed by atoms with van der Waals surface area (Å²) < 4.78 is 11.4. The van der Waals surface area contributed by atoms with Crippen molar-refractivity contribution in [1.82, 2.24) is 20.3 Å². The first-order chi connectivity index (χ1) is 9.52. The molecule has 2 N–H and O–H groups in total. The van der Waals surface area contributed by atoms with Crippen LogP contribution in [0, 0.1) is 5.92 Å². The lowest BCUT2D eigenvalue weighted by Crippen LogP contribution is -2.31. The van der Waals surface area contributed by atoms with Crippen LogP contribution in [0.2, 0.25) is 0 Å². The van der Waals surface area contributed by atoms with Gasteiger partial charge < -0.3 is 19.9 Å². The minimum atomic E-state index is -0.744. The number of carbonyl (C=O) groups excluding carboxylic acids is 1. The summed E-state index contributed by atoms with van der Waals surface area (Å²) in [5, 5.41) is 20.4. The highest BCUT2D eigenvalue weighted by Crippen LogP contribution is 1.97. The van der Waals surface area contributed by atoms with Crippen LogP contribution in [0.15, 0.2) is 6.20 Å². The van der Waals surface area contributed by atoms with Gasteiger partial charge in [0.15, 0.2) is 0 Å². The smallest absolute Gasteiger partial charge is 0.308 e. The van der Waals surface area contributed by atoms with Gasteiger partial charge in [0.05, 0.1) is 17.8 Å². The van der Waals surface area contributed by atoms with Crippen molar-refractivity contribution in [3.8, 4) is 0 Å². The number of nitrogens with one attached hydrogen (secondary N) is 1. The van der Waals surface area contributed by atoms with E-state index in [9.17, 15) is 9.90 Å². The molecule has 0 aliphatic carbocycles. The molecule has 0 aliphatic heterocycles. The van der Waals surface area contributed by atoms with Crippen LogP contribution in [-0.2, 0) is 27.5 Å². The van der Waals surface area contributed by atoms with E-state index in [0.717, 1.165) is 5.69 Å². The third-order valence-electron chi connectivity index (χ3n) is 2.42. The summed E-state index contributed by atoms with van der Waals surface area (Å²) in [6, 6.07) is 0. The fourth-order valence-electron chi connectivity index (χ4n) is 1.39. The summed E-state index contributed by atoms with van der Waals surface area (Å²) >= 11 is 0. The summed E-state index contributed by atoms with van der Waals surface area (Å²) in [5.74, 6) is -0.502. The largest absolute Gasteiger partial charge is 0.463 e. The van der Waals surface area contributed by atoms with Gasteiger partial charge in [0.1, 0.15) is 19.4 Å². The average Bonchev–Trinajstić information content (AvgIpc) is 2.84. The molecule has 1 aromatic heterocycles. The molecule has 0 saturated heterocycles. The number of hydrogen-bond acceptors (Lipinski definition) is 7. The Labute approximate surface area is 118 Å². The van der Waals surface area contributed by atoms with Gasteiger partial charge in [-0.2, -0.15) is 0 Å². The predicted octanol–water partition coefficient (Wildman–Crippen LogP) is -0.468. The van der Waals surface area contributed by atoms with E-state index in [1.165, 1.54) is 0 Å². The molecule has 0 aromatic carbocycles. The zero-order chi connectivity index (χ0) is 15.0. The summed E-state index contributed by atoms with van der Waals surface area (Å²) in [4.78, 5) is 11.2. The molecule has 8 heteroatoms. The van der Waals surface area contributed by atoms with Crippen molar-refractivity contribution in [2.75, 3.05) is 20.3 Å². The molecule has 0 radical (unpaired) electrons. The Morgan fingerprint density at radius 2 is 2.30 bits per heavy atom. The number of aromatic nitrogens is 3. The van der Waals surface area contributed by atoms with Gasteiger partial charge in [-0.25, -0.2) is 4.68 Å². The highest BCUT2D eigenvalue weighted by atomic mass is 16.5. The van der Waals surface area contributed by atoms with Crippen molar-refractivity contribution < 1.29 is 19.4 Å². The summed E-state index contributed by atoms with van der Waals surface area (Å²) in [7, 11) is 1.58. The van der Waals surface area contributed by atoms with Crippen LogP contribution in [0.5, 0.6) is 0 Å². The second kappa shape index (κ2) is 8.62. The Kier molecular flexibility index (Phi) is 7.13. The van der Waals surface area contributed by atoms with E-state index in [-0.39, 0.29) is 18.5 Å². The van der Waals surface area contributed by atoms with Crippen molar-refractivity contribution >= 4 is 5.97 Å². The number of aliphatic hydroxyl groups is 1. The topological polar surface area (TPSA) is 98.5 Å². The number of methoxy groups -OCH3 is 1. The number of hydrogen-bond donors (Lipinski definition) is 2. The molecule has 1 unspecified atom stereocenters. The number of ether oxygens (including phenoxy) is 2. The van der Waals surface area contributed by atoms with E-state index in [0.29, 0.717) is 19.8 Å². The lowest BCUT2D eigenvalue weighted by molar-refractivity contribution is -0.150. The second-order valence-corrected chi connectivity index (χ2v) is 4.74. The molecule has 0 bridgehead atoms. The molecule has 1 aromatic rings. The molecule has 0 aliphatic rings. The fraction of sp³-hybridized carbons (Fsp3) is 0.750. The van der Waals surface area contributed by atoms with Crippen LogP contribution >= 0.6 is 0 Å². The first kappa shape index (κ1) is 16.5. The molecular formula is C12H22N4O4. The molecule has 20 heavy (non-hydrogen) atoms. The molecule has 0 amide bonds. The first-order valence-corrected chi connectivity index (χ1v) is 6.46. The van der Waals surface area contributed by atoms with E-state index in [1.54, 1.807) is 31.8 Å². The van der Waals surface area contributed by atoms with Crippen LogP contribution in [0.25, 0.3) is 0 Å². The van der Waals surface area contributed by atoms with Gasteiger partial charge in [-0.3, -0.25) is 4.79 Å². The number of carbonyl (C=O) groups is 1. The van der Waals surface area contributed by atoms with Crippen molar-refractivity contribution in [2.45, 2.75) is 33.2 Å². The third kappa shape index (κ3) is 6.09. The van der Waals surface area contributed by atoms with Crippen LogP contribution < -0.4 is 5.32 Å². The maximum atomic E-state index is 11.2. The van der Waals surface area contributed by atoms with Gasteiger partial charge in [0.2, 0.25) is 0 Å². The quantitative estimate of drug-likeness (QED) is 0.592. The summed E-state index contributed by atoms with van der Waals surface area (Å²) in [5.41, 5.74) is 0.744. The van der Waals surface area contributed by atoms with E-state index < -0.39 is 6.10 Å². The molecule has 8 nitrogen and oxygen atoms in total. The fourth-order valence-corrected chi connectivity index (χ4v) is 1.39. The molecular weight excluding hydrogens is 264 g/mol. The number of esters is 1.